The molecule has 0 bridgehead atoms. The first-order valence-electron chi connectivity index (χ1n) is 7.25. The van der Waals surface area contributed by atoms with Gasteiger partial charge in [0, 0.05) is 38.4 Å². The van der Waals surface area contributed by atoms with Gasteiger partial charge in [-0.15, -0.1) is 0 Å². The molecule has 1 N–H and O–H groups in total. The highest BCUT2D eigenvalue weighted by Crippen LogP contribution is 2.24. The lowest BCUT2D eigenvalue weighted by atomic mass is 10.0. The highest BCUT2D eigenvalue weighted by Gasteiger charge is 2.24. The summed E-state index contributed by atoms with van der Waals surface area (Å²) in [5.41, 5.74) is 3.85. The van der Waals surface area contributed by atoms with Crippen LogP contribution in [0.25, 0.3) is 0 Å². The smallest absolute Gasteiger partial charge is 0.0573 e. The molecular weight excluding hydrogens is 246 g/mol. The van der Waals surface area contributed by atoms with Crippen molar-refractivity contribution in [2.24, 2.45) is 0 Å². The molecule has 3 nitrogen and oxygen atoms in total. The van der Waals surface area contributed by atoms with E-state index >= 15 is 0 Å². The fraction of sp³-hybridized carbons (Fsp3) is 0.353. The Bertz CT molecular complexity index is 553. The van der Waals surface area contributed by atoms with Gasteiger partial charge in [-0.05, 0) is 24.1 Å². The molecule has 104 valence electrons. The Morgan fingerprint density at radius 3 is 2.85 bits per heavy atom. The molecule has 1 aromatic carbocycles. The van der Waals surface area contributed by atoms with Crippen LogP contribution in [0.4, 0.5) is 0 Å². The molecule has 3 heteroatoms. The molecule has 1 aromatic heterocycles. The van der Waals surface area contributed by atoms with Crippen LogP contribution in [-0.2, 0) is 6.54 Å². The van der Waals surface area contributed by atoms with Crippen LogP contribution in [0.2, 0.25) is 0 Å². The summed E-state index contributed by atoms with van der Waals surface area (Å²) >= 11 is 0. The second kappa shape index (κ2) is 6.16. The Labute approximate surface area is 120 Å². The molecule has 0 radical (unpaired) electrons. The third-order valence-electron chi connectivity index (χ3n) is 4.01. The van der Waals surface area contributed by atoms with Crippen molar-refractivity contribution in [2.45, 2.75) is 19.5 Å². The SMILES string of the molecule is Cc1cccnc1CN1CCNCC1c1ccccc1. The number of hydrogen-bond donors (Lipinski definition) is 1. The van der Waals surface area contributed by atoms with E-state index in [0.717, 1.165) is 26.2 Å². The first kappa shape index (κ1) is 13.3. The van der Waals surface area contributed by atoms with Crippen molar-refractivity contribution in [3.05, 3.63) is 65.5 Å². The Hall–Kier alpha value is -1.71. The molecule has 2 heterocycles. The van der Waals surface area contributed by atoms with Crippen LogP contribution in [0, 0.1) is 6.92 Å². The minimum Gasteiger partial charge on any atom is -0.314 e. The molecule has 0 amide bonds. The van der Waals surface area contributed by atoms with Crippen molar-refractivity contribution >= 4 is 0 Å². The maximum absolute atomic E-state index is 4.54. The van der Waals surface area contributed by atoms with Crippen LogP contribution < -0.4 is 5.32 Å². The number of benzene rings is 1. The zero-order valence-corrected chi connectivity index (χ0v) is 11.9. The van der Waals surface area contributed by atoms with E-state index in [0.29, 0.717) is 6.04 Å². The highest BCUT2D eigenvalue weighted by atomic mass is 15.2. The third kappa shape index (κ3) is 2.89. The molecular formula is C17H21N3. The van der Waals surface area contributed by atoms with Crippen LogP contribution in [0.5, 0.6) is 0 Å². The van der Waals surface area contributed by atoms with E-state index in [9.17, 15) is 0 Å². The van der Waals surface area contributed by atoms with Crippen LogP contribution >= 0.6 is 0 Å². The van der Waals surface area contributed by atoms with Crippen molar-refractivity contribution in [3.8, 4) is 0 Å². The summed E-state index contributed by atoms with van der Waals surface area (Å²) in [6.45, 7) is 6.19. The number of rotatable bonds is 3. The molecule has 1 saturated heterocycles. The van der Waals surface area contributed by atoms with Crippen LogP contribution in [0.3, 0.4) is 0 Å². The molecule has 1 aliphatic rings. The Morgan fingerprint density at radius 1 is 1.20 bits per heavy atom. The van der Waals surface area contributed by atoms with E-state index < -0.39 is 0 Å². The van der Waals surface area contributed by atoms with E-state index in [1.54, 1.807) is 0 Å². The van der Waals surface area contributed by atoms with Gasteiger partial charge in [-0.2, -0.15) is 0 Å². The van der Waals surface area contributed by atoms with Gasteiger partial charge in [0.25, 0.3) is 0 Å². The lowest BCUT2D eigenvalue weighted by Crippen LogP contribution is -2.45. The summed E-state index contributed by atoms with van der Waals surface area (Å²) in [4.78, 5) is 7.07. The Balaban J connectivity index is 1.81. The molecule has 1 fully saturated rings. The van der Waals surface area contributed by atoms with Gasteiger partial charge in [0.1, 0.15) is 0 Å². The van der Waals surface area contributed by atoms with Crippen LogP contribution in [-0.4, -0.2) is 29.5 Å². The molecule has 3 rings (SSSR count). The van der Waals surface area contributed by atoms with Crippen LogP contribution in [0.1, 0.15) is 22.9 Å². The van der Waals surface area contributed by atoms with Gasteiger partial charge in [0.2, 0.25) is 0 Å². The number of aryl methyl sites for hydroxylation is 1. The van der Waals surface area contributed by atoms with Crippen LogP contribution in [0.15, 0.2) is 48.7 Å². The van der Waals surface area contributed by atoms with Gasteiger partial charge in [0.15, 0.2) is 0 Å². The zero-order valence-electron chi connectivity index (χ0n) is 11.9. The number of hydrogen-bond acceptors (Lipinski definition) is 3. The number of pyridine rings is 1. The number of piperazine rings is 1. The van der Waals surface area contributed by atoms with E-state index in [1.165, 1.54) is 16.8 Å². The molecule has 1 unspecified atom stereocenters. The number of aromatic nitrogens is 1. The molecule has 0 aliphatic carbocycles. The molecule has 1 aliphatic heterocycles. The predicted molar refractivity (Wildman–Crippen MR) is 81.4 cm³/mol. The summed E-state index contributed by atoms with van der Waals surface area (Å²) in [6, 6.07) is 15.3. The summed E-state index contributed by atoms with van der Waals surface area (Å²) in [7, 11) is 0. The van der Waals surface area contributed by atoms with E-state index in [-0.39, 0.29) is 0 Å². The highest BCUT2D eigenvalue weighted by molar-refractivity contribution is 5.22. The van der Waals surface area contributed by atoms with Crippen molar-refractivity contribution in [2.75, 3.05) is 19.6 Å². The maximum atomic E-state index is 4.54. The topological polar surface area (TPSA) is 28.2 Å². The molecule has 0 saturated carbocycles. The minimum atomic E-state index is 0.436. The molecule has 2 aromatic rings. The van der Waals surface area contributed by atoms with Crippen molar-refractivity contribution in [3.63, 3.8) is 0 Å². The molecule has 1 atom stereocenters. The average Bonchev–Trinajstić information content (AvgIpc) is 2.51. The first-order valence-corrected chi connectivity index (χ1v) is 7.25. The third-order valence-corrected chi connectivity index (χ3v) is 4.01. The summed E-state index contributed by atoms with van der Waals surface area (Å²) < 4.78 is 0. The monoisotopic (exact) mass is 267 g/mol. The summed E-state index contributed by atoms with van der Waals surface area (Å²) in [6.07, 6.45) is 1.89. The van der Waals surface area contributed by atoms with Crippen molar-refractivity contribution < 1.29 is 0 Å². The Morgan fingerprint density at radius 2 is 2.05 bits per heavy atom. The van der Waals surface area contributed by atoms with Gasteiger partial charge in [-0.25, -0.2) is 0 Å². The fourth-order valence-corrected chi connectivity index (χ4v) is 2.82. The molecule has 20 heavy (non-hydrogen) atoms. The van der Waals surface area contributed by atoms with E-state index in [1.807, 2.05) is 12.3 Å². The van der Waals surface area contributed by atoms with E-state index in [2.05, 4.69) is 58.5 Å². The number of nitrogens with one attached hydrogen (secondary N) is 1. The van der Waals surface area contributed by atoms with E-state index in [4.69, 9.17) is 0 Å². The average molecular weight is 267 g/mol. The summed E-state index contributed by atoms with van der Waals surface area (Å²) in [5, 5.41) is 3.50. The van der Waals surface area contributed by atoms with Gasteiger partial charge < -0.3 is 5.32 Å². The second-order valence-electron chi connectivity index (χ2n) is 5.37. The minimum absolute atomic E-state index is 0.436. The largest absolute Gasteiger partial charge is 0.314 e. The summed E-state index contributed by atoms with van der Waals surface area (Å²) in [5.74, 6) is 0. The fourth-order valence-electron chi connectivity index (χ4n) is 2.82. The zero-order chi connectivity index (χ0) is 13.8. The van der Waals surface area contributed by atoms with Crippen molar-refractivity contribution in [1.29, 1.82) is 0 Å². The lowest BCUT2D eigenvalue weighted by molar-refractivity contribution is 0.151. The van der Waals surface area contributed by atoms with Gasteiger partial charge in [0.05, 0.1) is 5.69 Å². The van der Waals surface area contributed by atoms with Gasteiger partial charge in [-0.3, -0.25) is 9.88 Å². The standard InChI is InChI=1S/C17H21N3/c1-14-6-5-9-19-16(14)13-20-11-10-18-12-17(20)15-7-3-2-4-8-15/h2-9,17-18H,10-13H2,1H3. The van der Waals surface area contributed by atoms with Gasteiger partial charge >= 0.3 is 0 Å². The first-order chi connectivity index (χ1) is 9.84. The van der Waals surface area contributed by atoms with Gasteiger partial charge in [-0.1, -0.05) is 36.4 Å². The Kier molecular flexibility index (Phi) is 4.09. The quantitative estimate of drug-likeness (QED) is 0.926. The predicted octanol–water partition coefficient (Wildman–Crippen LogP) is 2.54. The maximum Gasteiger partial charge on any atom is 0.0573 e. The molecule has 0 spiro atoms. The van der Waals surface area contributed by atoms with Crippen molar-refractivity contribution in [1.82, 2.24) is 15.2 Å². The second-order valence-corrected chi connectivity index (χ2v) is 5.37. The number of nitrogens with zero attached hydrogens (tertiary/aromatic N) is 2. The normalized spacial score (nSPS) is 19.9. The lowest BCUT2D eigenvalue weighted by Gasteiger charge is -2.36.